The number of rotatable bonds is 4. The standard InChI is InChI=1S/C9H13N3O3S/c1-4(10)7(13)11-5(2)8-12-6(3-16-8)9(14)15/h3-5H,10H2,1-2H3,(H,11,13)(H,14,15)/t4-,5?/m1/s1. The quantitative estimate of drug-likeness (QED) is 0.708. The van der Waals surface area contributed by atoms with Crippen molar-refractivity contribution in [3.05, 3.63) is 16.1 Å². The largest absolute Gasteiger partial charge is 0.476 e. The number of carbonyl (C=O) groups is 2. The number of aromatic nitrogens is 1. The van der Waals surface area contributed by atoms with Crippen LogP contribution in [0.3, 0.4) is 0 Å². The van der Waals surface area contributed by atoms with Crippen molar-refractivity contribution in [3.63, 3.8) is 0 Å². The molecule has 0 saturated heterocycles. The van der Waals surface area contributed by atoms with Crippen molar-refractivity contribution >= 4 is 23.2 Å². The molecular weight excluding hydrogens is 230 g/mol. The van der Waals surface area contributed by atoms with Gasteiger partial charge in [-0.1, -0.05) is 0 Å². The average molecular weight is 243 g/mol. The number of carboxylic acids is 1. The maximum Gasteiger partial charge on any atom is 0.355 e. The van der Waals surface area contributed by atoms with E-state index in [-0.39, 0.29) is 17.6 Å². The Morgan fingerprint density at radius 1 is 1.56 bits per heavy atom. The van der Waals surface area contributed by atoms with Crippen molar-refractivity contribution in [3.8, 4) is 0 Å². The maximum atomic E-state index is 11.3. The molecule has 0 saturated carbocycles. The molecule has 0 aromatic carbocycles. The first-order chi connectivity index (χ1) is 7.41. The second-order valence-corrected chi connectivity index (χ2v) is 4.28. The summed E-state index contributed by atoms with van der Waals surface area (Å²) in [5, 5.41) is 13.3. The molecule has 0 aliphatic heterocycles. The molecule has 0 spiro atoms. The number of nitrogens with zero attached hydrogens (tertiary/aromatic N) is 1. The fourth-order valence-corrected chi connectivity index (χ4v) is 1.79. The number of amides is 1. The SMILES string of the molecule is CC(NC(=O)[C@@H](C)N)c1nc(C(=O)O)cs1. The van der Waals surface area contributed by atoms with Gasteiger partial charge in [-0.05, 0) is 13.8 Å². The number of carbonyl (C=O) groups excluding carboxylic acids is 1. The van der Waals surface area contributed by atoms with Crippen LogP contribution in [0.1, 0.15) is 35.4 Å². The summed E-state index contributed by atoms with van der Waals surface area (Å²) in [5.74, 6) is -1.37. The summed E-state index contributed by atoms with van der Waals surface area (Å²) >= 11 is 1.19. The molecule has 1 unspecified atom stereocenters. The topological polar surface area (TPSA) is 105 Å². The summed E-state index contributed by atoms with van der Waals surface area (Å²) in [4.78, 5) is 25.8. The minimum atomic E-state index is -1.08. The van der Waals surface area contributed by atoms with E-state index in [1.54, 1.807) is 13.8 Å². The number of carboxylic acid groups (broad SMARTS) is 1. The zero-order chi connectivity index (χ0) is 12.3. The van der Waals surface area contributed by atoms with Crippen LogP contribution in [0.5, 0.6) is 0 Å². The summed E-state index contributed by atoms with van der Waals surface area (Å²) in [5.41, 5.74) is 5.38. The molecule has 1 rings (SSSR count). The first-order valence-corrected chi connectivity index (χ1v) is 5.54. The van der Waals surface area contributed by atoms with E-state index in [1.165, 1.54) is 16.7 Å². The normalized spacial score (nSPS) is 14.2. The zero-order valence-electron chi connectivity index (χ0n) is 8.93. The highest BCUT2D eigenvalue weighted by Gasteiger charge is 2.17. The molecule has 1 aromatic heterocycles. The van der Waals surface area contributed by atoms with Gasteiger partial charge in [0.2, 0.25) is 5.91 Å². The van der Waals surface area contributed by atoms with Crippen LogP contribution < -0.4 is 11.1 Å². The van der Waals surface area contributed by atoms with Crippen LogP contribution in [-0.2, 0) is 4.79 Å². The summed E-state index contributed by atoms with van der Waals surface area (Å²) in [6.45, 7) is 3.30. The second-order valence-electron chi connectivity index (χ2n) is 3.40. The highest BCUT2D eigenvalue weighted by atomic mass is 32.1. The molecule has 6 nitrogen and oxygen atoms in total. The molecule has 7 heteroatoms. The Hall–Kier alpha value is -1.47. The lowest BCUT2D eigenvalue weighted by atomic mass is 10.3. The number of thiazole rings is 1. The van der Waals surface area contributed by atoms with Gasteiger partial charge in [-0.2, -0.15) is 0 Å². The van der Waals surface area contributed by atoms with Crippen LogP contribution in [0.15, 0.2) is 5.38 Å². The van der Waals surface area contributed by atoms with E-state index in [1.807, 2.05) is 0 Å². The molecule has 0 aliphatic rings. The van der Waals surface area contributed by atoms with E-state index in [2.05, 4.69) is 10.3 Å². The van der Waals surface area contributed by atoms with E-state index in [4.69, 9.17) is 10.8 Å². The van der Waals surface area contributed by atoms with Crippen LogP contribution in [0.25, 0.3) is 0 Å². The summed E-state index contributed by atoms with van der Waals surface area (Å²) in [6.07, 6.45) is 0. The molecular formula is C9H13N3O3S. The summed E-state index contributed by atoms with van der Waals surface area (Å²) < 4.78 is 0. The Kier molecular flexibility index (Phi) is 3.97. The molecule has 0 radical (unpaired) electrons. The summed E-state index contributed by atoms with van der Waals surface area (Å²) in [7, 11) is 0. The lowest BCUT2D eigenvalue weighted by Gasteiger charge is -2.12. The van der Waals surface area contributed by atoms with Crippen LogP contribution in [-0.4, -0.2) is 28.0 Å². The van der Waals surface area contributed by atoms with Crippen molar-refractivity contribution in [2.24, 2.45) is 5.73 Å². The highest BCUT2D eigenvalue weighted by Crippen LogP contribution is 2.17. The predicted molar refractivity (Wildman–Crippen MR) is 59.3 cm³/mol. The Morgan fingerprint density at radius 2 is 2.19 bits per heavy atom. The van der Waals surface area contributed by atoms with Gasteiger partial charge in [-0.15, -0.1) is 11.3 Å². The Balaban J connectivity index is 2.69. The number of hydrogen-bond acceptors (Lipinski definition) is 5. The van der Waals surface area contributed by atoms with Gasteiger partial charge in [0.15, 0.2) is 5.69 Å². The van der Waals surface area contributed by atoms with Gasteiger partial charge >= 0.3 is 5.97 Å². The first kappa shape index (κ1) is 12.6. The zero-order valence-corrected chi connectivity index (χ0v) is 9.75. The Morgan fingerprint density at radius 3 is 2.62 bits per heavy atom. The molecule has 4 N–H and O–H groups in total. The van der Waals surface area contributed by atoms with Gasteiger partial charge < -0.3 is 16.2 Å². The maximum absolute atomic E-state index is 11.3. The van der Waals surface area contributed by atoms with E-state index in [0.29, 0.717) is 5.01 Å². The fraction of sp³-hybridized carbons (Fsp3) is 0.444. The molecule has 1 heterocycles. The predicted octanol–water partition coefficient (Wildman–Crippen LogP) is 0.366. The molecule has 88 valence electrons. The van der Waals surface area contributed by atoms with Crippen LogP contribution in [0.2, 0.25) is 0 Å². The number of aromatic carboxylic acids is 1. The number of nitrogens with two attached hydrogens (primary N) is 1. The van der Waals surface area contributed by atoms with Crippen molar-refractivity contribution in [1.29, 1.82) is 0 Å². The molecule has 0 bridgehead atoms. The molecule has 16 heavy (non-hydrogen) atoms. The van der Waals surface area contributed by atoms with Gasteiger partial charge in [0, 0.05) is 5.38 Å². The number of hydrogen-bond donors (Lipinski definition) is 3. The van der Waals surface area contributed by atoms with Gasteiger partial charge in [0.1, 0.15) is 5.01 Å². The number of nitrogens with one attached hydrogen (secondary N) is 1. The van der Waals surface area contributed by atoms with Crippen LogP contribution >= 0.6 is 11.3 Å². The van der Waals surface area contributed by atoms with E-state index < -0.39 is 12.0 Å². The third-order valence-corrected chi connectivity index (χ3v) is 2.91. The average Bonchev–Trinajstić information content (AvgIpc) is 2.65. The van der Waals surface area contributed by atoms with Crippen molar-refractivity contribution in [2.45, 2.75) is 25.9 Å². The van der Waals surface area contributed by atoms with Gasteiger partial charge in [0.05, 0.1) is 12.1 Å². The second kappa shape index (κ2) is 5.04. The van der Waals surface area contributed by atoms with E-state index in [0.717, 1.165) is 0 Å². The van der Waals surface area contributed by atoms with Gasteiger partial charge in [0.25, 0.3) is 0 Å². The van der Waals surface area contributed by atoms with Crippen molar-refractivity contribution in [1.82, 2.24) is 10.3 Å². The molecule has 0 fully saturated rings. The van der Waals surface area contributed by atoms with Crippen LogP contribution in [0, 0.1) is 0 Å². The smallest absolute Gasteiger partial charge is 0.355 e. The van der Waals surface area contributed by atoms with Crippen LogP contribution in [0.4, 0.5) is 0 Å². The lowest BCUT2D eigenvalue weighted by Crippen LogP contribution is -2.39. The highest BCUT2D eigenvalue weighted by molar-refractivity contribution is 7.09. The van der Waals surface area contributed by atoms with Gasteiger partial charge in [-0.3, -0.25) is 4.79 Å². The van der Waals surface area contributed by atoms with E-state index >= 15 is 0 Å². The third-order valence-electron chi connectivity index (χ3n) is 1.88. The molecule has 0 aliphatic carbocycles. The fourth-order valence-electron chi connectivity index (χ4n) is 0.991. The van der Waals surface area contributed by atoms with E-state index in [9.17, 15) is 9.59 Å². The summed E-state index contributed by atoms with van der Waals surface area (Å²) in [6, 6.07) is -0.932. The Bertz CT molecular complexity index is 402. The van der Waals surface area contributed by atoms with Crippen molar-refractivity contribution < 1.29 is 14.7 Å². The molecule has 2 atom stereocenters. The minimum absolute atomic E-state index is 0.0121. The van der Waals surface area contributed by atoms with Gasteiger partial charge in [-0.25, -0.2) is 9.78 Å². The first-order valence-electron chi connectivity index (χ1n) is 4.66. The molecule has 1 amide bonds. The lowest BCUT2D eigenvalue weighted by molar-refractivity contribution is -0.122. The minimum Gasteiger partial charge on any atom is -0.476 e. The monoisotopic (exact) mass is 243 g/mol. The molecule has 1 aromatic rings. The third kappa shape index (κ3) is 3.01. The Labute approximate surface area is 96.5 Å². The van der Waals surface area contributed by atoms with Crippen molar-refractivity contribution in [2.75, 3.05) is 0 Å².